The van der Waals surface area contributed by atoms with E-state index in [0.29, 0.717) is 17.3 Å². The van der Waals surface area contributed by atoms with Crippen LogP contribution in [0.1, 0.15) is 42.6 Å². The molecule has 8 heteroatoms. The SMILES string of the molecule is CCCCCN(Cc1nc(C(=O)OC)co1)C(=O)Nc1cccc(Cl)c1. The Morgan fingerprint density at radius 3 is 2.85 bits per heavy atom. The summed E-state index contributed by atoms with van der Waals surface area (Å²) in [6, 6.07) is 6.63. The number of urea groups is 1. The quantitative estimate of drug-likeness (QED) is 0.544. The molecule has 2 aromatic rings. The van der Waals surface area contributed by atoms with E-state index in [1.807, 2.05) is 0 Å². The van der Waals surface area contributed by atoms with E-state index in [-0.39, 0.29) is 24.2 Å². The second kappa shape index (κ2) is 9.82. The number of aromatic nitrogens is 1. The van der Waals surface area contributed by atoms with Gasteiger partial charge in [-0.1, -0.05) is 37.4 Å². The fraction of sp³-hybridized carbons (Fsp3) is 0.389. The zero-order valence-corrected chi connectivity index (χ0v) is 15.6. The average molecular weight is 380 g/mol. The molecule has 0 bridgehead atoms. The molecule has 0 spiro atoms. The van der Waals surface area contributed by atoms with Crippen molar-refractivity contribution in [3.8, 4) is 0 Å². The van der Waals surface area contributed by atoms with Gasteiger partial charge in [0.15, 0.2) is 5.69 Å². The number of benzene rings is 1. The molecule has 0 aliphatic heterocycles. The topological polar surface area (TPSA) is 84.7 Å². The number of oxazole rings is 1. The summed E-state index contributed by atoms with van der Waals surface area (Å²) in [7, 11) is 1.27. The third-order valence-corrected chi connectivity index (χ3v) is 3.90. The Morgan fingerprint density at radius 1 is 1.35 bits per heavy atom. The Kier molecular flexibility index (Phi) is 7.47. The Hall–Kier alpha value is -2.54. The van der Waals surface area contributed by atoms with E-state index >= 15 is 0 Å². The van der Waals surface area contributed by atoms with Gasteiger partial charge in [-0.25, -0.2) is 14.6 Å². The normalized spacial score (nSPS) is 10.4. The highest BCUT2D eigenvalue weighted by Gasteiger charge is 2.19. The van der Waals surface area contributed by atoms with Gasteiger partial charge >= 0.3 is 12.0 Å². The Balaban J connectivity index is 2.07. The van der Waals surface area contributed by atoms with Crippen molar-refractivity contribution in [3.05, 3.63) is 47.1 Å². The number of halogens is 1. The number of anilines is 1. The maximum absolute atomic E-state index is 12.6. The summed E-state index contributed by atoms with van der Waals surface area (Å²) >= 11 is 5.95. The van der Waals surface area contributed by atoms with Crippen LogP contribution in [-0.2, 0) is 11.3 Å². The fourth-order valence-electron chi connectivity index (χ4n) is 2.32. The highest BCUT2D eigenvalue weighted by atomic mass is 35.5. The van der Waals surface area contributed by atoms with Crippen LogP contribution in [0.4, 0.5) is 10.5 Å². The monoisotopic (exact) mass is 379 g/mol. The standard InChI is InChI=1S/C18H22ClN3O4/c1-3-4-5-9-22(11-16-21-15(12-26-16)17(23)25-2)18(24)20-14-8-6-7-13(19)10-14/h6-8,10,12H,3-5,9,11H2,1-2H3,(H,20,24). The third kappa shape index (κ3) is 5.77. The highest BCUT2D eigenvalue weighted by Crippen LogP contribution is 2.16. The number of nitrogens with zero attached hydrogens (tertiary/aromatic N) is 2. The maximum Gasteiger partial charge on any atom is 0.360 e. The lowest BCUT2D eigenvalue weighted by Crippen LogP contribution is -2.35. The lowest BCUT2D eigenvalue weighted by molar-refractivity contribution is 0.0594. The van der Waals surface area contributed by atoms with E-state index < -0.39 is 5.97 Å². The van der Waals surface area contributed by atoms with Gasteiger partial charge in [0.05, 0.1) is 13.7 Å². The number of hydrogen-bond donors (Lipinski definition) is 1. The largest absolute Gasteiger partial charge is 0.464 e. The summed E-state index contributed by atoms with van der Waals surface area (Å²) in [6.07, 6.45) is 4.11. The summed E-state index contributed by atoms with van der Waals surface area (Å²) < 4.78 is 9.89. The lowest BCUT2D eigenvalue weighted by atomic mass is 10.2. The van der Waals surface area contributed by atoms with Crippen LogP contribution in [0.2, 0.25) is 5.02 Å². The summed E-state index contributed by atoms with van der Waals surface area (Å²) in [5, 5.41) is 3.35. The number of methoxy groups -OCH3 is 1. The number of nitrogens with one attached hydrogen (secondary N) is 1. The predicted octanol–water partition coefficient (Wildman–Crippen LogP) is 4.34. The molecule has 0 unspecified atom stereocenters. The van der Waals surface area contributed by atoms with Crippen LogP contribution in [0, 0.1) is 0 Å². The molecule has 140 valence electrons. The molecule has 1 aromatic heterocycles. The van der Waals surface area contributed by atoms with Crippen LogP contribution in [0.3, 0.4) is 0 Å². The number of carbonyl (C=O) groups excluding carboxylic acids is 2. The van der Waals surface area contributed by atoms with Crippen molar-refractivity contribution < 1.29 is 18.7 Å². The first-order valence-electron chi connectivity index (χ1n) is 8.37. The van der Waals surface area contributed by atoms with Gasteiger partial charge in [0.1, 0.15) is 6.26 Å². The summed E-state index contributed by atoms with van der Waals surface area (Å²) in [6.45, 7) is 2.77. The molecule has 0 fully saturated rings. The molecule has 2 rings (SSSR count). The average Bonchev–Trinajstić information content (AvgIpc) is 3.09. The van der Waals surface area contributed by atoms with Crippen molar-refractivity contribution >= 4 is 29.3 Å². The molecular weight excluding hydrogens is 358 g/mol. The van der Waals surface area contributed by atoms with E-state index in [9.17, 15) is 9.59 Å². The zero-order chi connectivity index (χ0) is 18.9. The third-order valence-electron chi connectivity index (χ3n) is 3.67. The van der Waals surface area contributed by atoms with Crippen LogP contribution in [0.25, 0.3) is 0 Å². The Bertz CT molecular complexity index is 748. The molecular formula is C18H22ClN3O4. The van der Waals surface area contributed by atoms with Crippen molar-refractivity contribution in [2.75, 3.05) is 19.0 Å². The number of esters is 1. The van der Waals surface area contributed by atoms with Gasteiger partial charge in [-0.15, -0.1) is 0 Å². The summed E-state index contributed by atoms with van der Waals surface area (Å²) in [5.74, 6) is -0.316. The molecule has 26 heavy (non-hydrogen) atoms. The minimum absolute atomic E-state index is 0.0752. The molecule has 0 radical (unpaired) electrons. The van der Waals surface area contributed by atoms with E-state index in [4.69, 9.17) is 16.0 Å². The van der Waals surface area contributed by atoms with Crippen LogP contribution in [0.5, 0.6) is 0 Å². The fourth-order valence-corrected chi connectivity index (χ4v) is 2.51. The van der Waals surface area contributed by atoms with E-state index in [2.05, 4.69) is 22.0 Å². The van der Waals surface area contributed by atoms with Gasteiger partial charge < -0.3 is 19.4 Å². The first kappa shape index (κ1) is 19.8. The molecule has 1 aromatic carbocycles. The molecule has 1 N–H and O–H groups in total. The van der Waals surface area contributed by atoms with Gasteiger partial charge in [0.25, 0.3) is 0 Å². The smallest absolute Gasteiger partial charge is 0.360 e. The zero-order valence-electron chi connectivity index (χ0n) is 14.8. The van der Waals surface area contributed by atoms with Crippen molar-refractivity contribution in [1.29, 1.82) is 0 Å². The number of carbonyl (C=O) groups is 2. The van der Waals surface area contributed by atoms with Gasteiger partial charge in [-0.05, 0) is 24.6 Å². The molecule has 0 aliphatic rings. The van der Waals surface area contributed by atoms with Crippen molar-refractivity contribution in [1.82, 2.24) is 9.88 Å². The molecule has 1 heterocycles. The van der Waals surface area contributed by atoms with Crippen LogP contribution < -0.4 is 5.32 Å². The van der Waals surface area contributed by atoms with E-state index in [0.717, 1.165) is 19.3 Å². The van der Waals surface area contributed by atoms with Crippen molar-refractivity contribution in [3.63, 3.8) is 0 Å². The van der Waals surface area contributed by atoms with Gasteiger partial charge in [0.2, 0.25) is 5.89 Å². The maximum atomic E-state index is 12.6. The molecule has 2 amide bonds. The molecule has 0 atom stereocenters. The minimum Gasteiger partial charge on any atom is -0.464 e. The second-order valence-corrected chi connectivity index (χ2v) is 6.12. The van der Waals surface area contributed by atoms with E-state index in [1.54, 1.807) is 29.2 Å². The predicted molar refractivity (Wildman–Crippen MR) is 98.2 cm³/mol. The van der Waals surface area contributed by atoms with Crippen LogP contribution >= 0.6 is 11.6 Å². The first-order valence-corrected chi connectivity index (χ1v) is 8.75. The molecule has 0 saturated heterocycles. The van der Waals surface area contributed by atoms with Crippen LogP contribution in [-0.4, -0.2) is 35.5 Å². The number of ether oxygens (including phenoxy) is 1. The second-order valence-electron chi connectivity index (χ2n) is 5.69. The number of unbranched alkanes of at least 4 members (excludes halogenated alkanes) is 2. The van der Waals surface area contributed by atoms with E-state index in [1.165, 1.54) is 13.4 Å². The van der Waals surface area contributed by atoms with Crippen molar-refractivity contribution in [2.45, 2.75) is 32.7 Å². The van der Waals surface area contributed by atoms with Gasteiger partial charge in [-0.3, -0.25) is 0 Å². The number of hydrogen-bond acceptors (Lipinski definition) is 5. The Morgan fingerprint density at radius 2 is 2.15 bits per heavy atom. The molecule has 7 nitrogen and oxygen atoms in total. The Labute approximate surface area is 157 Å². The van der Waals surface area contributed by atoms with Gasteiger partial charge in [0, 0.05) is 17.3 Å². The first-order chi connectivity index (χ1) is 12.5. The number of rotatable bonds is 8. The number of amides is 2. The highest BCUT2D eigenvalue weighted by molar-refractivity contribution is 6.30. The lowest BCUT2D eigenvalue weighted by Gasteiger charge is -2.21. The molecule has 0 saturated carbocycles. The summed E-state index contributed by atoms with van der Waals surface area (Å²) in [5.41, 5.74) is 0.678. The molecule has 0 aliphatic carbocycles. The van der Waals surface area contributed by atoms with Crippen LogP contribution in [0.15, 0.2) is 34.9 Å². The van der Waals surface area contributed by atoms with Gasteiger partial charge in [-0.2, -0.15) is 0 Å². The summed E-state index contributed by atoms with van der Waals surface area (Å²) in [4.78, 5) is 29.8. The van der Waals surface area contributed by atoms with Crippen molar-refractivity contribution in [2.24, 2.45) is 0 Å². The minimum atomic E-state index is -0.582.